The molecule has 10 rings (SSSR count). The number of para-hydroxylation sites is 2. The Kier molecular flexibility index (Phi) is 9.55. The van der Waals surface area contributed by atoms with Gasteiger partial charge in [0, 0.05) is 39.7 Å². The van der Waals surface area contributed by atoms with Gasteiger partial charge in [0.15, 0.2) is 0 Å². The molecule has 4 heteroatoms. The van der Waals surface area contributed by atoms with E-state index in [1.807, 2.05) is 12.1 Å². The van der Waals surface area contributed by atoms with Crippen LogP contribution in [0.4, 0.5) is 34.1 Å². The van der Waals surface area contributed by atoms with Crippen LogP contribution in [0.5, 0.6) is 0 Å². The molecule has 8 aromatic carbocycles. The minimum absolute atomic E-state index is 0.879. The first-order valence-corrected chi connectivity index (χ1v) is 20.0. The molecule has 0 spiro atoms. The number of anilines is 6. The van der Waals surface area contributed by atoms with Crippen LogP contribution in [0.25, 0.3) is 51.8 Å². The fourth-order valence-electron chi connectivity index (χ4n) is 7.94. The van der Waals surface area contributed by atoms with Gasteiger partial charge in [0.2, 0.25) is 0 Å². The van der Waals surface area contributed by atoms with Crippen LogP contribution in [0, 0.1) is 0 Å². The molecule has 0 bridgehead atoms. The largest absolute Gasteiger partial charge is 0.308 e. The van der Waals surface area contributed by atoms with Crippen molar-refractivity contribution in [1.82, 2.24) is 9.38 Å². The number of hydrogen-bond donors (Lipinski definition) is 0. The van der Waals surface area contributed by atoms with Crippen molar-refractivity contribution in [2.24, 2.45) is 0 Å². The summed E-state index contributed by atoms with van der Waals surface area (Å²) in [6.07, 6.45) is 10.8. The van der Waals surface area contributed by atoms with Crippen LogP contribution in [0.2, 0.25) is 0 Å². The highest BCUT2D eigenvalue weighted by Crippen LogP contribution is 2.51. The van der Waals surface area contributed by atoms with E-state index >= 15 is 0 Å². The predicted molar refractivity (Wildman–Crippen MR) is 250 cm³/mol. The van der Waals surface area contributed by atoms with Gasteiger partial charge in [-0.15, -0.1) is 0 Å². The van der Waals surface area contributed by atoms with Crippen molar-refractivity contribution in [3.63, 3.8) is 0 Å². The third kappa shape index (κ3) is 7.05. The molecule has 2 aromatic heterocycles. The summed E-state index contributed by atoms with van der Waals surface area (Å²) >= 11 is 0. The monoisotopic (exact) mass is 756 g/mol. The van der Waals surface area contributed by atoms with Crippen LogP contribution in [-0.2, 0) is 0 Å². The first-order valence-electron chi connectivity index (χ1n) is 20.0. The van der Waals surface area contributed by atoms with E-state index in [0.29, 0.717) is 0 Å². The zero-order valence-electron chi connectivity index (χ0n) is 32.4. The Hall–Kier alpha value is -7.95. The van der Waals surface area contributed by atoms with Gasteiger partial charge in [0.1, 0.15) is 11.2 Å². The number of hydrogen-bond acceptors (Lipinski definition) is 3. The van der Waals surface area contributed by atoms with Crippen molar-refractivity contribution in [3.05, 3.63) is 241 Å². The van der Waals surface area contributed by atoms with Crippen LogP contribution in [0.1, 0.15) is 22.3 Å². The molecule has 0 aliphatic heterocycles. The summed E-state index contributed by atoms with van der Waals surface area (Å²) in [6.45, 7) is 0. The molecule has 0 fully saturated rings. The average molecular weight is 757 g/mol. The first kappa shape index (κ1) is 35.5. The maximum absolute atomic E-state index is 5.49. The van der Waals surface area contributed by atoms with Crippen molar-refractivity contribution < 1.29 is 0 Å². The van der Waals surface area contributed by atoms with Crippen molar-refractivity contribution in [2.75, 3.05) is 9.80 Å². The molecule has 0 atom stereocenters. The number of benzene rings is 8. The Morgan fingerprint density at radius 1 is 0.339 bits per heavy atom. The zero-order valence-corrected chi connectivity index (χ0v) is 32.4. The van der Waals surface area contributed by atoms with E-state index < -0.39 is 0 Å². The Balaban J connectivity index is 1.20. The highest BCUT2D eigenvalue weighted by molar-refractivity contribution is 6.22. The van der Waals surface area contributed by atoms with Crippen molar-refractivity contribution in [3.8, 4) is 0 Å². The van der Waals surface area contributed by atoms with Crippen LogP contribution >= 0.6 is 0 Å². The quantitative estimate of drug-likeness (QED) is 0.103. The van der Waals surface area contributed by atoms with E-state index in [-0.39, 0.29) is 0 Å². The Bertz CT molecular complexity index is 3060. The van der Waals surface area contributed by atoms with Crippen LogP contribution in [-0.4, -0.2) is 9.38 Å². The number of nitrogens with zero attached hydrogens (tertiary/aromatic N) is 4. The normalized spacial score (nSPS) is 11.6. The molecule has 2 heterocycles. The van der Waals surface area contributed by atoms with Gasteiger partial charge in [-0.05, 0) is 82.9 Å². The molecule has 0 aliphatic rings. The standard InChI is InChI=1S/C55H40N4/c1-5-17-41(18-6-1)28-30-43-32-36-47(37-33-43)58(45-21-9-3-10-22-45)53-49-25-13-14-26-50(49)54(55-52(53)56-51-27-15-16-40-57(51)55)59(46-23-11-4-12-24-46)48-38-34-44(35-39-48)31-29-42-19-7-2-8-20-42/h1-40H. The van der Waals surface area contributed by atoms with E-state index in [2.05, 4.69) is 245 Å². The summed E-state index contributed by atoms with van der Waals surface area (Å²) in [5.41, 5.74) is 13.7. The van der Waals surface area contributed by atoms with E-state index in [9.17, 15) is 0 Å². The molecule has 59 heavy (non-hydrogen) atoms. The predicted octanol–water partition coefficient (Wildman–Crippen LogP) is 14.9. The fourth-order valence-corrected chi connectivity index (χ4v) is 7.94. The number of rotatable bonds is 10. The lowest BCUT2D eigenvalue weighted by atomic mass is 10.00. The van der Waals surface area contributed by atoms with Gasteiger partial charge in [-0.3, -0.25) is 4.40 Å². The summed E-state index contributed by atoms with van der Waals surface area (Å²) in [4.78, 5) is 10.2. The second-order valence-corrected chi connectivity index (χ2v) is 14.5. The molecular weight excluding hydrogens is 717 g/mol. The Morgan fingerprint density at radius 3 is 1.20 bits per heavy atom. The first-order chi connectivity index (χ1) is 29.3. The number of imidazole rings is 1. The van der Waals surface area contributed by atoms with E-state index in [4.69, 9.17) is 4.98 Å². The molecular formula is C55H40N4. The lowest BCUT2D eigenvalue weighted by Gasteiger charge is -2.31. The lowest BCUT2D eigenvalue weighted by molar-refractivity contribution is 1.21. The SMILES string of the molecule is C(=Cc1ccc(N(c2ccccc2)c2c3ccccc3c(N(c3ccccc3)c3ccc(C=Cc4ccccc4)cc3)c3c2nc2ccccn23)cc1)c1ccccc1. The van der Waals surface area contributed by atoms with Crippen LogP contribution in [0.3, 0.4) is 0 Å². The molecule has 4 nitrogen and oxygen atoms in total. The molecule has 0 saturated carbocycles. The van der Waals surface area contributed by atoms with E-state index in [0.717, 1.165) is 72.7 Å². The third-order valence-corrected chi connectivity index (χ3v) is 10.7. The molecule has 10 aromatic rings. The Morgan fingerprint density at radius 2 is 0.712 bits per heavy atom. The highest BCUT2D eigenvalue weighted by atomic mass is 15.2. The molecule has 0 aliphatic carbocycles. The lowest BCUT2D eigenvalue weighted by Crippen LogP contribution is -2.15. The van der Waals surface area contributed by atoms with Crippen LogP contribution in [0.15, 0.2) is 219 Å². The summed E-state index contributed by atoms with van der Waals surface area (Å²) < 4.78 is 2.24. The fraction of sp³-hybridized carbons (Fsp3) is 0. The molecule has 0 radical (unpaired) electrons. The van der Waals surface area contributed by atoms with Crippen molar-refractivity contribution in [2.45, 2.75) is 0 Å². The zero-order chi connectivity index (χ0) is 39.4. The second kappa shape index (κ2) is 15.9. The summed E-state index contributed by atoms with van der Waals surface area (Å²) in [7, 11) is 0. The molecule has 0 amide bonds. The van der Waals surface area contributed by atoms with Gasteiger partial charge >= 0.3 is 0 Å². The van der Waals surface area contributed by atoms with Gasteiger partial charge in [-0.2, -0.15) is 0 Å². The number of pyridine rings is 1. The maximum Gasteiger partial charge on any atom is 0.138 e. The van der Waals surface area contributed by atoms with E-state index in [1.54, 1.807) is 0 Å². The molecule has 280 valence electrons. The minimum atomic E-state index is 0.879. The number of aromatic nitrogens is 2. The van der Waals surface area contributed by atoms with Gasteiger partial charge in [0.05, 0.1) is 16.9 Å². The minimum Gasteiger partial charge on any atom is -0.308 e. The summed E-state index contributed by atoms with van der Waals surface area (Å²) in [6, 6.07) is 74.8. The molecule has 0 N–H and O–H groups in total. The van der Waals surface area contributed by atoms with Gasteiger partial charge in [-0.25, -0.2) is 4.98 Å². The smallest absolute Gasteiger partial charge is 0.138 e. The van der Waals surface area contributed by atoms with Gasteiger partial charge < -0.3 is 9.80 Å². The highest BCUT2D eigenvalue weighted by Gasteiger charge is 2.28. The summed E-state index contributed by atoms with van der Waals surface area (Å²) in [5.74, 6) is 0. The number of fused-ring (bicyclic) bond motifs is 4. The van der Waals surface area contributed by atoms with Crippen molar-refractivity contribution >= 4 is 85.9 Å². The topological polar surface area (TPSA) is 23.8 Å². The third-order valence-electron chi connectivity index (χ3n) is 10.7. The summed E-state index contributed by atoms with van der Waals surface area (Å²) in [5, 5.41) is 2.21. The molecule has 0 unspecified atom stereocenters. The maximum atomic E-state index is 5.49. The van der Waals surface area contributed by atoms with Crippen LogP contribution < -0.4 is 9.80 Å². The van der Waals surface area contributed by atoms with E-state index in [1.165, 1.54) is 11.1 Å². The van der Waals surface area contributed by atoms with Crippen molar-refractivity contribution in [1.29, 1.82) is 0 Å². The van der Waals surface area contributed by atoms with Gasteiger partial charge in [0.25, 0.3) is 0 Å². The Labute approximate surface area is 344 Å². The average Bonchev–Trinajstić information content (AvgIpc) is 3.70. The molecule has 0 saturated heterocycles. The second-order valence-electron chi connectivity index (χ2n) is 14.5. The van der Waals surface area contributed by atoms with Gasteiger partial charge in [-0.1, -0.05) is 176 Å².